The maximum absolute atomic E-state index is 12.4. The van der Waals surface area contributed by atoms with Gasteiger partial charge in [-0.1, -0.05) is 36.0 Å². The number of aromatic nitrogens is 3. The van der Waals surface area contributed by atoms with Gasteiger partial charge in [-0.15, -0.1) is 10.2 Å². The van der Waals surface area contributed by atoms with Gasteiger partial charge in [-0.3, -0.25) is 9.20 Å². The predicted molar refractivity (Wildman–Crippen MR) is 103 cm³/mol. The fourth-order valence-corrected chi connectivity index (χ4v) is 4.17. The second-order valence-electron chi connectivity index (χ2n) is 6.72. The zero-order valence-electron chi connectivity index (χ0n) is 14.8. The van der Waals surface area contributed by atoms with E-state index in [4.69, 9.17) is 0 Å². The van der Waals surface area contributed by atoms with Crippen molar-refractivity contribution in [3.05, 3.63) is 59.3 Å². The molecule has 26 heavy (non-hydrogen) atoms. The van der Waals surface area contributed by atoms with Crippen molar-refractivity contribution in [2.45, 2.75) is 43.8 Å². The lowest BCUT2D eigenvalue weighted by Crippen LogP contribution is -2.28. The van der Waals surface area contributed by atoms with Gasteiger partial charge in [0.15, 0.2) is 10.8 Å². The Kier molecular flexibility index (Phi) is 4.93. The highest BCUT2D eigenvalue weighted by Gasteiger charge is 2.15. The van der Waals surface area contributed by atoms with Crippen LogP contribution in [0.5, 0.6) is 0 Å². The lowest BCUT2D eigenvalue weighted by molar-refractivity contribution is -0.119. The van der Waals surface area contributed by atoms with Gasteiger partial charge in [0.05, 0.1) is 11.8 Å². The van der Waals surface area contributed by atoms with Crippen LogP contribution in [0.15, 0.2) is 47.8 Å². The highest BCUT2D eigenvalue weighted by molar-refractivity contribution is 7.99. The Hall–Kier alpha value is -2.34. The maximum atomic E-state index is 12.4. The van der Waals surface area contributed by atoms with Crippen molar-refractivity contribution in [3.8, 4) is 0 Å². The Morgan fingerprint density at radius 2 is 2.04 bits per heavy atom. The van der Waals surface area contributed by atoms with Crippen molar-refractivity contribution >= 4 is 23.3 Å². The summed E-state index contributed by atoms with van der Waals surface area (Å²) in [6, 6.07) is 12.4. The zero-order chi connectivity index (χ0) is 17.9. The van der Waals surface area contributed by atoms with Crippen LogP contribution in [0.25, 0.3) is 5.65 Å². The molecule has 1 aliphatic carbocycles. The number of thioether (sulfide) groups is 1. The Morgan fingerprint density at radius 1 is 1.19 bits per heavy atom. The Balaban J connectivity index is 1.37. The highest BCUT2D eigenvalue weighted by Crippen LogP contribution is 2.25. The summed E-state index contributed by atoms with van der Waals surface area (Å²) in [7, 11) is 0. The summed E-state index contributed by atoms with van der Waals surface area (Å²) in [6.07, 6.45) is 6.79. The number of carbonyl (C=O) groups is 1. The molecule has 0 aliphatic heterocycles. The number of benzene rings is 1. The van der Waals surface area contributed by atoms with Crippen LogP contribution < -0.4 is 5.32 Å². The summed E-state index contributed by atoms with van der Waals surface area (Å²) in [4.78, 5) is 12.4. The summed E-state index contributed by atoms with van der Waals surface area (Å²) in [6.45, 7) is 2.04. The molecule has 0 saturated heterocycles. The molecule has 0 bridgehead atoms. The second-order valence-corrected chi connectivity index (χ2v) is 7.67. The number of fused-ring (bicyclic) bond motifs is 2. The standard InChI is InChI=1S/C20H22N4OS/c1-14(16-10-9-15-6-2-3-7-17(15)12-16)21-19(25)13-26-20-23-22-18-8-4-5-11-24(18)20/h4-5,8-12,14H,2-3,6-7,13H2,1H3,(H,21,25)/t14-/m0/s1. The largest absolute Gasteiger partial charge is 0.349 e. The Labute approximate surface area is 157 Å². The quantitative estimate of drug-likeness (QED) is 0.701. The second kappa shape index (κ2) is 7.50. The van der Waals surface area contributed by atoms with Crippen LogP contribution in [-0.2, 0) is 17.6 Å². The molecule has 1 amide bonds. The van der Waals surface area contributed by atoms with Crippen LogP contribution in [0.4, 0.5) is 0 Å². The molecule has 3 aromatic rings. The molecule has 0 unspecified atom stereocenters. The van der Waals surface area contributed by atoms with E-state index in [0.29, 0.717) is 5.75 Å². The van der Waals surface area contributed by atoms with Gasteiger partial charge in [-0.2, -0.15) is 0 Å². The van der Waals surface area contributed by atoms with E-state index in [2.05, 4.69) is 33.7 Å². The van der Waals surface area contributed by atoms with Crippen LogP contribution in [-0.4, -0.2) is 26.3 Å². The molecule has 2 aromatic heterocycles. The molecule has 0 saturated carbocycles. The van der Waals surface area contributed by atoms with E-state index in [1.807, 2.05) is 35.7 Å². The van der Waals surface area contributed by atoms with Gasteiger partial charge in [0.1, 0.15) is 0 Å². The van der Waals surface area contributed by atoms with E-state index >= 15 is 0 Å². The lowest BCUT2D eigenvalue weighted by Gasteiger charge is -2.20. The van der Waals surface area contributed by atoms with E-state index in [1.165, 1.54) is 47.7 Å². The Bertz CT molecular complexity index is 936. The third-order valence-corrected chi connectivity index (χ3v) is 5.81. The maximum Gasteiger partial charge on any atom is 0.230 e. The molecule has 1 atom stereocenters. The van der Waals surface area contributed by atoms with Gasteiger partial charge < -0.3 is 5.32 Å². The van der Waals surface area contributed by atoms with Crippen molar-refractivity contribution in [2.75, 3.05) is 5.75 Å². The number of nitrogens with zero attached hydrogens (tertiary/aromatic N) is 3. The first-order valence-electron chi connectivity index (χ1n) is 9.04. The molecule has 0 radical (unpaired) electrons. The minimum atomic E-state index is 0.00506. The predicted octanol–water partition coefficient (Wildman–Crippen LogP) is 3.58. The van der Waals surface area contributed by atoms with E-state index in [0.717, 1.165) is 17.2 Å². The molecular formula is C20H22N4OS. The molecule has 134 valence electrons. The van der Waals surface area contributed by atoms with Crippen LogP contribution in [0.2, 0.25) is 0 Å². The molecule has 5 nitrogen and oxygen atoms in total. The number of hydrogen-bond donors (Lipinski definition) is 1. The molecule has 0 spiro atoms. The average Bonchev–Trinajstić information content (AvgIpc) is 3.09. The summed E-state index contributed by atoms with van der Waals surface area (Å²) < 4.78 is 1.89. The summed E-state index contributed by atoms with van der Waals surface area (Å²) >= 11 is 1.40. The third kappa shape index (κ3) is 3.60. The van der Waals surface area contributed by atoms with Crippen LogP contribution >= 0.6 is 11.8 Å². The average molecular weight is 366 g/mol. The van der Waals surface area contributed by atoms with Gasteiger partial charge in [-0.25, -0.2) is 0 Å². The number of pyridine rings is 1. The first-order valence-corrected chi connectivity index (χ1v) is 10.0. The SMILES string of the molecule is C[C@H](NC(=O)CSc1nnc2ccccn12)c1ccc2c(c1)CCCC2. The first kappa shape index (κ1) is 17.1. The van der Waals surface area contributed by atoms with Crippen molar-refractivity contribution < 1.29 is 4.79 Å². The van der Waals surface area contributed by atoms with Crippen molar-refractivity contribution in [2.24, 2.45) is 0 Å². The van der Waals surface area contributed by atoms with E-state index in [-0.39, 0.29) is 11.9 Å². The van der Waals surface area contributed by atoms with Crippen LogP contribution in [0.1, 0.15) is 42.5 Å². The van der Waals surface area contributed by atoms with Crippen molar-refractivity contribution in [3.63, 3.8) is 0 Å². The van der Waals surface area contributed by atoms with Gasteiger partial charge in [0.2, 0.25) is 5.91 Å². The summed E-state index contributed by atoms with van der Waals surface area (Å²) in [5.41, 5.74) is 4.88. The lowest BCUT2D eigenvalue weighted by atomic mass is 9.89. The Morgan fingerprint density at radius 3 is 2.92 bits per heavy atom. The van der Waals surface area contributed by atoms with E-state index < -0.39 is 0 Å². The third-order valence-electron chi connectivity index (χ3n) is 4.86. The van der Waals surface area contributed by atoms with E-state index in [9.17, 15) is 4.79 Å². The summed E-state index contributed by atoms with van der Waals surface area (Å²) in [5, 5.41) is 12.1. The first-order chi connectivity index (χ1) is 12.7. The molecule has 6 heteroatoms. The molecule has 2 heterocycles. The number of carbonyl (C=O) groups excluding carboxylic acids is 1. The van der Waals surface area contributed by atoms with Crippen LogP contribution in [0.3, 0.4) is 0 Å². The fourth-order valence-electron chi connectivity index (χ4n) is 3.44. The van der Waals surface area contributed by atoms with Crippen LogP contribution in [0, 0.1) is 0 Å². The molecule has 1 aromatic carbocycles. The van der Waals surface area contributed by atoms with Gasteiger partial charge in [0, 0.05) is 6.20 Å². The van der Waals surface area contributed by atoms with Gasteiger partial charge >= 0.3 is 0 Å². The smallest absolute Gasteiger partial charge is 0.230 e. The molecule has 1 aliphatic rings. The van der Waals surface area contributed by atoms with Crippen molar-refractivity contribution in [1.29, 1.82) is 0 Å². The highest BCUT2D eigenvalue weighted by atomic mass is 32.2. The van der Waals surface area contributed by atoms with Gasteiger partial charge in [0.25, 0.3) is 0 Å². The summed E-state index contributed by atoms with van der Waals surface area (Å²) in [5.74, 6) is 0.332. The van der Waals surface area contributed by atoms with E-state index in [1.54, 1.807) is 0 Å². The fraction of sp³-hybridized carbons (Fsp3) is 0.350. The van der Waals surface area contributed by atoms with Gasteiger partial charge in [-0.05, 0) is 61.4 Å². The molecule has 0 fully saturated rings. The molecular weight excluding hydrogens is 344 g/mol. The topological polar surface area (TPSA) is 59.3 Å². The number of amides is 1. The number of nitrogens with one attached hydrogen (secondary N) is 1. The number of hydrogen-bond acceptors (Lipinski definition) is 4. The van der Waals surface area contributed by atoms with Crippen molar-refractivity contribution in [1.82, 2.24) is 19.9 Å². The minimum absolute atomic E-state index is 0.00506. The molecule has 4 rings (SSSR count). The number of aryl methyl sites for hydroxylation is 2. The normalized spacial score (nSPS) is 14.8. The zero-order valence-corrected chi connectivity index (χ0v) is 15.6. The minimum Gasteiger partial charge on any atom is -0.349 e. The number of rotatable bonds is 5. The molecule has 1 N–H and O–H groups in total. The monoisotopic (exact) mass is 366 g/mol.